The summed E-state index contributed by atoms with van der Waals surface area (Å²) in [6, 6.07) is 15.9. The first-order valence-electron chi connectivity index (χ1n) is 7.40. The molecule has 0 aliphatic heterocycles. The lowest BCUT2D eigenvalue weighted by molar-refractivity contribution is -0.132. The minimum Gasteiger partial charge on any atom is -0.391 e. The van der Waals surface area contributed by atoms with Crippen LogP contribution < -0.4 is 4.72 Å². The van der Waals surface area contributed by atoms with E-state index in [2.05, 4.69) is 4.72 Å². The Kier molecular flexibility index (Phi) is 6.84. The molecule has 0 aromatic heterocycles. The third kappa shape index (κ3) is 5.99. The summed E-state index contributed by atoms with van der Waals surface area (Å²) in [6.45, 7) is 2.07. The van der Waals surface area contributed by atoms with Gasteiger partial charge in [-0.15, -0.1) is 0 Å². The maximum absolute atomic E-state index is 12.1. The predicted molar refractivity (Wildman–Crippen MR) is 95.1 cm³/mol. The van der Waals surface area contributed by atoms with Crippen molar-refractivity contribution in [2.45, 2.75) is 18.2 Å². The molecule has 0 saturated carbocycles. The van der Waals surface area contributed by atoms with E-state index in [4.69, 9.17) is 4.18 Å². The molecule has 2 aromatic carbocycles. The molecule has 128 valence electrons. The maximum atomic E-state index is 12.1. The number of benzene rings is 2. The zero-order chi connectivity index (χ0) is 17.4. The van der Waals surface area contributed by atoms with E-state index in [0.717, 1.165) is 23.2 Å². The van der Waals surface area contributed by atoms with Crippen molar-refractivity contribution in [3.63, 3.8) is 0 Å². The summed E-state index contributed by atoms with van der Waals surface area (Å²) in [5.41, 5.74) is 1.87. The molecule has 0 fully saturated rings. The van der Waals surface area contributed by atoms with Gasteiger partial charge >= 0.3 is 5.97 Å². The Hall–Kier alpha value is -1.83. The van der Waals surface area contributed by atoms with E-state index in [1.54, 1.807) is 24.3 Å². The Balaban J connectivity index is 1.69. The minimum atomic E-state index is -3.53. The Morgan fingerprint density at radius 3 is 2.42 bits per heavy atom. The van der Waals surface area contributed by atoms with Gasteiger partial charge in [0.1, 0.15) is 0 Å². The molecule has 0 aliphatic rings. The number of aryl methyl sites for hydroxylation is 1. The molecule has 24 heavy (non-hydrogen) atoms. The zero-order valence-corrected chi connectivity index (χ0v) is 14.9. The average Bonchev–Trinajstić information content (AvgIpc) is 2.56. The molecule has 2 rings (SSSR count). The van der Waals surface area contributed by atoms with E-state index in [1.165, 1.54) is 0 Å². The average molecular weight is 365 g/mol. The Morgan fingerprint density at radius 1 is 1.08 bits per heavy atom. The highest BCUT2D eigenvalue weighted by Gasteiger charge is 2.13. The molecular formula is C17H19NO4S2. The topological polar surface area (TPSA) is 72.5 Å². The summed E-state index contributed by atoms with van der Waals surface area (Å²) in [4.78, 5) is 11.9. The summed E-state index contributed by atoms with van der Waals surface area (Å²) in [5.74, 6) is -0.0152. The van der Waals surface area contributed by atoms with Crippen molar-refractivity contribution in [2.24, 2.45) is 0 Å². The molecule has 0 spiro atoms. The van der Waals surface area contributed by atoms with Crippen molar-refractivity contribution in [3.05, 3.63) is 65.7 Å². The van der Waals surface area contributed by atoms with Gasteiger partial charge in [0.15, 0.2) is 0 Å². The monoisotopic (exact) mass is 365 g/mol. The van der Waals surface area contributed by atoms with Gasteiger partial charge in [-0.3, -0.25) is 4.79 Å². The Labute approximate surface area is 146 Å². The fraction of sp³-hybridized carbons (Fsp3) is 0.235. The molecule has 0 saturated heterocycles. The van der Waals surface area contributed by atoms with E-state index in [1.807, 2.05) is 37.3 Å². The smallest absolute Gasteiger partial charge is 0.322 e. The van der Waals surface area contributed by atoms with Crippen LogP contribution in [0.4, 0.5) is 0 Å². The van der Waals surface area contributed by atoms with Gasteiger partial charge in [0, 0.05) is 12.3 Å². The van der Waals surface area contributed by atoms with Crippen LogP contribution in [0.15, 0.2) is 59.5 Å². The number of hydrogen-bond acceptors (Lipinski definition) is 5. The molecule has 0 radical (unpaired) electrons. The zero-order valence-electron chi connectivity index (χ0n) is 13.3. The molecule has 0 heterocycles. The molecular weight excluding hydrogens is 346 g/mol. The van der Waals surface area contributed by atoms with Crippen molar-refractivity contribution in [3.8, 4) is 0 Å². The maximum Gasteiger partial charge on any atom is 0.322 e. The molecule has 7 heteroatoms. The molecule has 0 bridgehead atoms. The van der Waals surface area contributed by atoms with Crippen LogP contribution in [-0.2, 0) is 25.4 Å². The largest absolute Gasteiger partial charge is 0.391 e. The first-order chi connectivity index (χ1) is 11.5. The summed E-state index contributed by atoms with van der Waals surface area (Å²) in [7, 11) is -3.53. The SMILES string of the molecule is Cc1ccc(S(=O)(=O)NCCSOC(=O)Cc2ccccc2)cc1. The van der Waals surface area contributed by atoms with E-state index >= 15 is 0 Å². The van der Waals surface area contributed by atoms with Gasteiger partial charge in [0.2, 0.25) is 10.0 Å². The fourth-order valence-corrected chi connectivity index (χ4v) is 3.54. The highest BCUT2D eigenvalue weighted by Crippen LogP contribution is 2.11. The first kappa shape index (κ1) is 18.5. The number of nitrogens with one attached hydrogen (secondary N) is 1. The molecule has 0 aliphatic carbocycles. The lowest BCUT2D eigenvalue weighted by Crippen LogP contribution is -2.26. The number of carbonyl (C=O) groups excluding carboxylic acids is 1. The summed E-state index contributed by atoms with van der Waals surface area (Å²) >= 11 is 0.942. The predicted octanol–water partition coefficient (Wildman–Crippen LogP) is 2.71. The van der Waals surface area contributed by atoms with Crippen LogP contribution in [0.1, 0.15) is 11.1 Å². The fourth-order valence-electron chi connectivity index (χ4n) is 1.92. The Morgan fingerprint density at radius 2 is 1.75 bits per heavy atom. The Bertz CT molecular complexity index is 759. The van der Waals surface area contributed by atoms with Gasteiger partial charge < -0.3 is 4.18 Å². The van der Waals surface area contributed by atoms with Gasteiger partial charge in [0.25, 0.3) is 0 Å². The van der Waals surface area contributed by atoms with E-state index in [9.17, 15) is 13.2 Å². The summed E-state index contributed by atoms with van der Waals surface area (Å²) < 4.78 is 31.6. The number of sulfonamides is 1. The third-order valence-corrected chi connectivity index (χ3v) is 5.30. The van der Waals surface area contributed by atoms with E-state index < -0.39 is 10.0 Å². The molecule has 2 aromatic rings. The second kappa shape index (κ2) is 8.86. The van der Waals surface area contributed by atoms with Crippen LogP contribution in [0.2, 0.25) is 0 Å². The summed E-state index contributed by atoms with van der Waals surface area (Å²) in [5, 5.41) is 0. The van der Waals surface area contributed by atoms with Crippen LogP contribution in [0.25, 0.3) is 0 Å². The third-order valence-electron chi connectivity index (χ3n) is 3.15. The number of hydrogen-bond donors (Lipinski definition) is 1. The highest BCUT2D eigenvalue weighted by atomic mass is 32.2. The molecule has 0 amide bonds. The molecule has 1 N–H and O–H groups in total. The van der Waals surface area contributed by atoms with Gasteiger partial charge in [-0.25, -0.2) is 13.1 Å². The molecule has 0 atom stereocenters. The van der Waals surface area contributed by atoms with Gasteiger partial charge in [-0.2, -0.15) is 0 Å². The molecule has 5 nitrogen and oxygen atoms in total. The van der Waals surface area contributed by atoms with Crippen LogP contribution in [0, 0.1) is 6.92 Å². The van der Waals surface area contributed by atoms with Crippen molar-refractivity contribution in [1.29, 1.82) is 0 Å². The van der Waals surface area contributed by atoms with Crippen LogP contribution in [0.3, 0.4) is 0 Å². The normalized spacial score (nSPS) is 11.2. The van der Waals surface area contributed by atoms with Crippen LogP contribution in [-0.4, -0.2) is 26.7 Å². The first-order valence-corrected chi connectivity index (χ1v) is 9.79. The summed E-state index contributed by atoms with van der Waals surface area (Å²) in [6.07, 6.45) is 0.197. The van der Waals surface area contributed by atoms with Crippen molar-refractivity contribution in [1.82, 2.24) is 4.72 Å². The van der Waals surface area contributed by atoms with Crippen molar-refractivity contribution in [2.75, 3.05) is 12.3 Å². The standard InChI is InChI=1S/C17H19NO4S2/c1-14-7-9-16(10-8-14)24(20,21)18-11-12-23-22-17(19)13-15-5-3-2-4-6-15/h2-10,18H,11-13H2,1H3. The minimum absolute atomic E-state index is 0.180. The van der Waals surface area contributed by atoms with Crippen LogP contribution >= 0.6 is 12.0 Å². The number of carbonyl (C=O) groups is 1. The quantitative estimate of drug-likeness (QED) is 0.575. The lowest BCUT2D eigenvalue weighted by atomic mass is 10.2. The van der Waals surface area contributed by atoms with Gasteiger partial charge in [-0.05, 0) is 24.6 Å². The second-order valence-corrected chi connectivity index (χ2v) is 7.73. The van der Waals surface area contributed by atoms with Crippen molar-refractivity contribution < 1.29 is 17.4 Å². The second-order valence-electron chi connectivity index (χ2n) is 5.15. The van der Waals surface area contributed by atoms with E-state index in [0.29, 0.717) is 5.75 Å². The van der Waals surface area contributed by atoms with Gasteiger partial charge in [0.05, 0.1) is 23.4 Å². The van der Waals surface area contributed by atoms with Crippen LogP contribution in [0.5, 0.6) is 0 Å². The van der Waals surface area contributed by atoms with Crippen molar-refractivity contribution >= 4 is 28.0 Å². The van der Waals surface area contributed by atoms with E-state index in [-0.39, 0.29) is 23.8 Å². The highest BCUT2D eigenvalue weighted by molar-refractivity contribution is 7.95. The molecule has 0 unspecified atom stereocenters. The van der Waals surface area contributed by atoms with Gasteiger partial charge in [-0.1, -0.05) is 48.0 Å². The number of rotatable bonds is 8. The lowest BCUT2D eigenvalue weighted by Gasteiger charge is -2.07.